The molecule has 0 atom stereocenters. The highest BCUT2D eigenvalue weighted by Crippen LogP contribution is 2.22. The van der Waals surface area contributed by atoms with E-state index in [1.165, 1.54) is 18.2 Å². The van der Waals surface area contributed by atoms with Gasteiger partial charge in [-0.25, -0.2) is 4.79 Å². The van der Waals surface area contributed by atoms with Crippen LogP contribution in [0.1, 0.15) is 5.56 Å². The van der Waals surface area contributed by atoms with Crippen LogP contribution in [-0.2, 0) is 4.74 Å². The van der Waals surface area contributed by atoms with E-state index < -0.39 is 11.0 Å². The fourth-order valence-corrected chi connectivity index (χ4v) is 1.23. The van der Waals surface area contributed by atoms with Crippen molar-refractivity contribution in [3.05, 3.63) is 33.9 Å². The zero-order chi connectivity index (χ0) is 13.5. The minimum Gasteiger partial charge on any atom is -0.448 e. The van der Waals surface area contributed by atoms with Crippen LogP contribution in [0.15, 0.2) is 18.2 Å². The molecular weight excluding hydrogens is 240 g/mol. The van der Waals surface area contributed by atoms with Crippen molar-refractivity contribution in [2.45, 2.75) is 0 Å². The molecule has 0 aliphatic heterocycles. The molecule has 0 unspecified atom stereocenters. The number of amides is 1. The van der Waals surface area contributed by atoms with E-state index in [1.807, 2.05) is 0 Å². The van der Waals surface area contributed by atoms with Crippen LogP contribution in [0.25, 0.3) is 0 Å². The Morgan fingerprint density at radius 3 is 2.89 bits per heavy atom. The number of nitrogens with two attached hydrogens (primary N) is 1. The third-order valence-corrected chi connectivity index (χ3v) is 1.99. The SMILES string of the molecule is N#Cc1ccc(NCCOC(N)=O)cc1[N+](=O)[O-]. The number of carbonyl (C=O) groups is 1. The van der Waals surface area contributed by atoms with Gasteiger partial charge in [-0.3, -0.25) is 10.1 Å². The van der Waals surface area contributed by atoms with Gasteiger partial charge in [-0.1, -0.05) is 0 Å². The van der Waals surface area contributed by atoms with Gasteiger partial charge in [0.05, 0.1) is 4.92 Å². The van der Waals surface area contributed by atoms with E-state index in [2.05, 4.69) is 10.1 Å². The molecule has 0 bridgehead atoms. The average molecular weight is 250 g/mol. The number of nitriles is 1. The molecule has 0 aliphatic carbocycles. The van der Waals surface area contributed by atoms with Crippen molar-refractivity contribution in [1.82, 2.24) is 0 Å². The van der Waals surface area contributed by atoms with Crippen LogP contribution in [0.4, 0.5) is 16.2 Å². The molecule has 0 aromatic heterocycles. The Labute approximate surface area is 102 Å². The third kappa shape index (κ3) is 3.64. The van der Waals surface area contributed by atoms with Gasteiger partial charge in [-0.15, -0.1) is 0 Å². The minimum absolute atomic E-state index is 0.0149. The first kappa shape index (κ1) is 13.2. The highest BCUT2D eigenvalue weighted by atomic mass is 16.6. The molecule has 0 saturated heterocycles. The molecule has 18 heavy (non-hydrogen) atoms. The van der Waals surface area contributed by atoms with Crippen LogP contribution < -0.4 is 11.1 Å². The average Bonchev–Trinajstić information content (AvgIpc) is 2.34. The summed E-state index contributed by atoms with van der Waals surface area (Å²) in [6.07, 6.45) is -0.886. The largest absolute Gasteiger partial charge is 0.448 e. The van der Waals surface area contributed by atoms with Crippen molar-refractivity contribution in [1.29, 1.82) is 5.26 Å². The summed E-state index contributed by atoms with van der Waals surface area (Å²) in [4.78, 5) is 20.3. The molecule has 94 valence electrons. The van der Waals surface area contributed by atoms with Gasteiger partial charge in [0, 0.05) is 18.3 Å². The van der Waals surface area contributed by atoms with Crippen LogP contribution in [0.2, 0.25) is 0 Å². The second kappa shape index (κ2) is 6.05. The number of hydrogen-bond donors (Lipinski definition) is 2. The number of carbonyl (C=O) groups excluding carboxylic acids is 1. The number of nitro groups is 1. The molecule has 0 radical (unpaired) electrons. The van der Waals surface area contributed by atoms with Crippen molar-refractivity contribution in [3.8, 4) is 6.07 Å². The zero-order valence-corrected chi connectivity index (χ0v) is 9.25. The smallest absolute Gasteiger partial charge is 0.404 e. The number of ether oxygens (including phenoxy) is 1. The molecule has 1 aromatic rings. The number of hydrogen-bond acceptors (Lipinski definition) is 6. The normalized spacial score (nSPS) is 9.28. The fraction of sp³-hybridized carbons (Fsp3) is 0.200. The van der Waals surface area contributed by atoms with Gasteiger partial charge in [0.15, 0.2) is 0 Å². The van der Waals surface area contributed by atoms with Gasteiger partial charge < -0.3 is 15.8 Å². The Kier molecular flexibility index (Phi) is 4.45. The maximum atomic E-state index is 10.7. The van der Waals surface area contributed by atoms with E-state index in [4.69, 9.17) is 11.0 Å². The highest BCUT2D eigenvalue weighted by molar-refractivity contribution is 5.64. The molecular formula is C10H10N4O4. The van der Waals surface area contributed by atoms with Crippen LogP contribution in [-0.4, -0.2) is 24.2 Å². The van der Waals surface area contributed by atoms with Crippen molar-refractivity contribution in [2.24, 2.45) is 5.73 Å². The molecule has 0 aliphatic rings. The summed E-state index contributed by atoms with van der Waals surface area (Å²) in [5.74, 6) is 0. The summed E-state index contributed by atoms with van der Waals surface area (Å²) < 4.78 is 4.48. The molecule has 1 amide bonds. The van der Waals surface area contributed by atoms with Crippen molar-refractivity contribution >= 4 is 17.5 Å². The van der Waals surface area contributed by atoms with Crippen LogP contribution >= 0.6 is 0 Å². The first-order valence-corrected chi connectivity index (χ1v) is 4.89. The Balaban J connectivity index is 2.68. The van der Waals surface area contributed by atoms with Crippen LogP contribution in [0.5, 0.6) is 0 Å². The summed E-state index contributed by atoms with van der Waals surface area (Å²) in [5, 5.41) is 22.2. The van der Waals surface area contributed by atoms with Gasteiger partial charge in [-0.2, -0.15) is 5.26 Å². The predicted molar refractivity (Wildman–Crippen MR) is 61.8 cm³/mol. The lowest BCUT2D eigenvalue weighted by Crippen LogP contribution is -2.18. The number of nitrogens with one attached hydrogen (secondary N) is 1. The maximum Gasteiger partial charge on any atom is 0.404 e. The van der Waals surface area contributed by atoms with Gasteiger partial charge in [-0.05, 0) is 12.1 Å². The van der Waals surface area contributed by atoms with E-state index in [9.17, 15) is 14.9 Å². The summed E-state index contributed by atoms with van der Waals surface area (Å²) in [7, 11) is 0. The van der Waals surface area contributed by atoms with Gasteiger partial charge in [0.25, 0.3) is 5.69 Å². The van der Waals surface area contributed by atoms with Gasteiger partial charge in [0.1, 0.15) is 18.2 Å². The lowest BCUT2D eigenvalue weighted by atomic mass is 10.2. The number of rotatable bonds is 5. The Morgan fingerprint density at radius 1 is 1.61 bits per heavy atom. The first-order valence-electron chi connectivity index (χ1n) is 4.89. The van der Waals surface area contributed by atoms with Crippen LogP contribution in [0.3, 0.4) is 0 Å². The Bertz CT molecular complexity index is 509. The highest BCUT2D eigenvalue weighted by Gasteiger charge is 2.13. The topological polar surface area (TPSA) is 131 Å². The molecule has 8 heteroatoms. The van der Waals surface area contributed by atoms with Crippen LogP contribution in [0, 0.1) is 21.4 Å². The number of anilines is 1. The van der Waals surface area contributed by atoms with E-state index in [1.54, 1.807) is 6.07 Å². The molecule has 0 fully saturated rings. The second-order valence-corrected chi connectivity index (χ2v) is 3.20. The van der Waals surface area contributed by atoms with E-state index in [0.29, 0.717) is 5.69 Å². The Morgan fingerprint density at radius 2 is 2.33 bits per heavy atom. The molecule has 3 N–H and O–H groups in total. The molecule has 0 saturated carbocycles. The maximum absolute atomic E-state index is 10.7. The summed E-state index contributed by atoms with van der Waals surface area (Å²) >= 11 is 0. The molecule has 1 aromatic carbocycles. The second-order valence-electron chi connectivity index (χ2n) is 3.20. The number of nitrogens with zero attached hydrogens (tertiary/aromatic N) is 2. The fourth-order valence-electron chi connectivity index (χ4n) is 1.23. The van der Waals surface area contributed by atoms with Gasteiger partial charge >= 0.3 is 6.09 Å². The molecule has 0 heterocycles. The van der Waals surface area contributed by atoms with E-state index in [0.717, 1.165) is 0 Å². The standard InChI is InChI=1S/C10H10N4O4/c11-6-7-1-2-8(5-9(7)14(16)17)13-3-4-18-10(12)15/h1-2,5,13H,3-4H2,(H2,12,15). The quantitative estimate of drug-likeness (QED) is 0.454. The molecule has 0 spiro atoms. The molecule has 8 nitrogen and oxygen atoms in total. The monoisotopic (exact) mass is 250 g/mol. The van der Waals surface area contributed by atoms with E-state index in [-0.39, 0.29) is 24.4 Å². The predicted octanol–water partition coefficient (Wildman–Crippen LogP) is 0.974. The minimum atomic E-state index is -0.886. The number of primary amides is 1. The first-order chi connectivity index (χ1) is 8.54. The lowest BCUT2D eigenvalue weighted by Gasteiger charge is -2.06. The number of benzene rings is 1. The van der Waals surface area contributed by atoms with Crippen molar-refractivity contribution in [3.63, 3.8) is 0 Å². The summed E-state index contributed by atoms with van der Waals surface area (Å²) in [5.41, 5.74) is 4.92. The van der Waals surface area contributed by atoms with Crippen molar-refractivity contribution < 1.29 is 14.5 Å². The van der Waals surface area contributed by atoms with Crippen molar-refractivity contribution in [2.75, 3.05) is 18.5 Å². The van der Waals surface area contributed by atoms with E-state index >= 15 is 0 Å². The molecule has 1 rings (SSSR count). The zero-order valence-electron chi connectivity index (χ0n) is 9.25. The third-order valence-electron chi connectivity index (χ3n) is 1.99. The summed E-state index contributed by atoms with van der Waals surface area (Å²) in [6.45, 7) is 0.301. The lowest BCUT2D eigenvalue weighted by molar-refractivity contribution is -0.385. The summed E-state index contributed by atoms with van der Waals surface area (Å²) in [6, 6.07) is 5.84. The number of nitro benzene ring substituents is 1. The Hall–Kier alpha value is -2.82. The van der Waals surface area contributed by atoms with Gasteiger partial charge in [0.2, 0.25) is 0 Å².